The lowest BCUT2D eigenvalue weighted by molar-refractivity contribution is -0.147. The van der Waals surface area contributed by atoms with Crippen LogP contribution in [0.2, 0.25) is 0 Å². The maximum atomic E-state index is 12.9. The summed E-state index contributed by atoms with van der Waals surface area (Å²) in [6.07, 6.45) is 8.22. The van der Waals surface area contributed by atoms with E-state index in [1.165, 1.54) is 25.7 Å². The molecule has 0 radical (unpaired) electrons. The summed E-state index contributed by atoms with van der Waals surface area (Å²) >= 11 is 0. The fraction of sp³-hybridized carbons (Fsp3) is 0.833. The van der Waals surface area contributed by atoms with Crippen LogP contribution >= 0.6 is 0 Å². The van der Waals surface area contributed by atoms with Gasteiger partial charge in [-0.25, -0.2) is 0 Å². The van der Waals surface area contributed by atoms with Gasteiger partial charge in [-0.05, 0) is 25.7 Å². The number of carbonyl (C=O) groups is 3. The van der Waals surface area contributed by atoms with Crippen LogP contribution < -0.4 is 5.32 Å². The fourth-order valence-corrected chi connectivity index (χ4v) is 3.94. The SMILES string of the molecule is CC(=O)N1CCN(C(=O)C2(C(=O)NC3CCCCCC3)CC2)CC1. The van der Waals surface area contributed by atoms with E-state index < -0.39 is 5.41 Å². The quantitative estimate of drug-likeness (QED) is 0.624. The minimum Gasteiger partial charge on any atom is -0.352 e. The van der Waals surface area contributed by atoms with Crippen molar-refractivity contribution < 1.29 is 14.4 Å². The first kappa shape index (κ1) is 17.2. The monoisotopic (exact) mass is 335 g/mol. The molecular weight excluding hydrogens is 306 g/mol. The fourth-order valence-electron chi connectivity index (χ4n) is 3.94. The Hall–Kier alpha value is -1.59. The summed E-state index contributed by atoms with van der Waals surface area (Å²) in [4.78, 5) is 40.5. The number of piperazine rings is 1. The van der Waals surface area contributed by atoms with E-state index in [1.807, 2.05) is 0 Å². The molecule has 0 unspecified atom stereocenters. The Morgan fingerprint density at radius 1 is 0.875 bits per heavy atom. The third-order valence-electron chi connectivity index (χ3n) is 5.80. The number of rotatable bonds is 3. The smallest absolute Gasteiger partial charge is 0.238 e. The molecule has 3 amide bonds. The molecule has 2 saturated carbocycles. The van der Waals surface area contributed by atoms with Gasteiger partial charge in [0.15, 0.2) is 0 Å². The molecule has 1 N–H and O–H groups in total. The Bertz CT molecular complexity index is 500. The summed E-state index contributed by atoms with van der Waals surface area (Å²) in [6, 6.07) is 0.236. The van der Waals surface area contributed by atoms with Crippen LogP contribution in [-0.2, 0) is 14.4 Å². The summed E-state index contributed by atoms with van der Waals surface area (Å²) in [5, 5.41) is 3.16. The third kappa shape index (κ3) is 3.57. The highest BCUT2D eigenvalue weighted by Crippen LogP contribution is 2.48. The second-order valence-corrected chi connectivity index (χ2v) is 7.54. The third-order valence-corrected chi connectivity index (χ3v) is 5.80. The molecule has 1 saturated heterocycles. The van der Waals surface area contributed by atoms with Crippen molar-refractivity contribution in [2.24, 2.45) is 5.41 Å². The van der Waals surface area contributed by atoms with E-state index in [-0.39, 0.29) is 23.8 Å². The molecule has 0 aromatic heterocycles. The Morgan fingerprint density at radius 2 is 1.42 bits per heavy atom. The van der Waals surface area contributed by atoms with Gasteiger partial charge in [0, 0.05) is 39.1 Å². The molecule has 1 aliphatic heterocycles. The van der Waals surface area contributed by atoms with Gasteiger partial charge >= 0.3 is 0 Å². The normalized spacial score (nSPS) is 24.2. The number of nitrogens with zero attached hydrogens (tertiary/aromatic N) is 2. The standard InChI is InChI=1S/C18H29N3O3/c1-14(22)20-10-12-21(13-11-20)17(24)18(8-9-18)16(23)19-15-6-4-2-3-5-7-15/h15H,2-13H2,1H3,(H,19,23). The van der Waals surface area contributed by atoms with Gasteiger partial charge in [0.25, 0.3) is 0 Å². The van der Waals surface area contributed by atoms with E-state index in [9.17, 15) is 14.4 Å². The highest BCUT2D eigenvalue weighted by Gasteiger charge is 2.58. The van der Waals surface area contributed by atoms with Crippen LogP contribution in [0.5, 0.6) is 0 Å². The Labute approximate surface area is 143 Å². The van der Waals surface area contributed by atoms with Crippen LogP contribution in [-0.4, -0.2) is 59.7 Å². The summed E-state index contributed by atoms with van der Waals surface area (Å²) in [7, 11) is 0. The van der Waals surface area contributed by atoms with E-state index in [0.29, 0.717) is 39.0 Å². The Morgan fingerprint density at radius 3 is 1.92 bits per heavy atom. The number of hydrogen-bond donors (Lipinski definition) is 1. The number of carbonyl (C=O) groups excluding carboxylic acids is 3. The molecule has 3 aliphatic rings. The molecule has 0 aromatic carbocycles. The van der Waals surface area contributed by atoms with Gasteiger partial charge < -0.3 is 15.1 Å². The molecule has 24 heavy (non-hydrogen) atoms. The average molecular weight is 335 g/mol. The van der Waals surface area contributed by atoms with E-state index in [2.05, 4.69) is 5.32 Å². The van der Waals surface area contributed by atoms with Crippen LogP contribution in [0.15, 0.2) is 0 Å². The maximum absolute atomic E-state index is 12.9. The number of hydrogen-bond acceptors (Lipinski definition) is 3. The molecule has 6 heteroatoms. The minimum atomic E-state index is -0.815. The van der Waals surface area contributed by atoms with Crippen molar-refractivity contribution in [1.82, 2.24) is 15.1 Å². The lowest BCUT2D eigenvalue weighted by atomic mass is 10.0. The zero-order valence-corrected chi connectivity index (χ0v) is 14.7. The highest BCUT2D eigenvalue weighted by atomic mass is 16.2. The molecule has 6 nitrogen and oxygen atoms in total. The van der Waals surface area contributed by atoms with Crippen LogP contribution in [0.25, 0.3) is 0 Å². The summed E-state index contributed by atoms with van der Waals surface area (Å²) in [5.41, 5.74) is -0.815. The predicted octanol–water partition coefficient (Wildman–Crippen LogP) is 1.30. The van der Waals surface area contributed by atoms with Gasteiger partial charge in [-0.2, -0.15) is 0 Å². The highest BCUT2D eigenvalue weighted by molar-refractivity contribution is 6.08. The first-order valence-corrected chi connectivity index (χ1v) is 9.39. The second-order valence-electron chi connectivity index (χ2n) is 7.54. The molecule has 2 aliphatic carbocycles. The largest absolute Gasteiger partial charge is 0.352 e. The second kappa shape index (κ2) is 7.11. The number of amides is 3. The van der Waals surface area contributed by atoms with Gasteiger partial charge in [-0.1, -0.05) is 25.7 Å². The average Bonchev–Trinajstić information content (AvgIpc) is 3.40. The molecular formula is C18H29N3O3. The van der Waals surface area contributed by atoms with Crippen molar-refractivity contribution in [3.8, 4) is 0 Å². The van der Waals surface area contributed by atoms with Crippen molar-refractivity contribution >= 4 is 17.7 Å². The molecule has 0 aromatic rings. The predicted molar refractivity (Wildman–Crippen MR) is 90.1 cm³/mol. The van der Waals surface area contributed by atoms with Gasteiger partial charge in [0.1, 0.15) is 5.41 Å². The van der Waals surface area contributed by atoms with Crippen LogP contribution in [0, 0.1) is 5.41 Å². The molecule has 3 fully saturated rings. The first-order chi connectivity index (χ1) is 11.5. The molecule has 1 heterocycles. The van der Waals surface area contributed by atoms with Crippen molar-refractivity contribution in [3.63, 3.8) is 0 Å². The van der Waals surface area contributed by atoms with E-state index in [1.54, 1.807) is 16.7 Å². The van der Waals surface area contributed by atoms with Gasteiger partial charge in [-0.3, -0.25) is 14.4 Å². The van der Waals surface area contributed by atoms with E-state index in [4.69, 9.17) is 0 Å². The maximum Gasteiger partial charge on any atom is 0.238 e. The van der Waals surface area contributed by atoms with E-state index >= 15 is 0 Å². The molecule has 0 bridgehead atoms. The Kier molecular flexibility index (Phi) is 5.11. The summed E-state index contributed by atoms with van der Waals surface area (Å²) in [5.74, 6) is -0.0421. The molecule has 0 atom stereocenters. The van der Waals surface area contributed by atoms with Crippen molar-refractivity contribution in [1.29, 1.82) is 0 Å². The van der Waals surface area contributed by atoms with Gasteiger partial charge in [-0.15, -0.1) is 0 Å². The summed E-state index contributed by atoms with van der Waals surface area (Å²) in [6.45, 7) is 3.77. The topological polar surface area (TPSA) is 69.7 Å². The van der Waals surface area contributed by atoms with Crippen LogP contribution in [0.3, 0.4) is 0 Å². The Balaban J connectivity index is 1.56. The minimum absolute atomic E-state index is 0.0307. The van der Waals surface area contributed by atoms with Crippen molar-refractivity contribution in [2.75, 3.05) is 26.2 Å². The van der Waals surface area contributed by atoms with Crippen molar-refractivity contribution in [2.45, 2.75) is 64.3 Å². The van der Waals surface area contributed by atoms with Gasteiger partial charge in [0.05, 0.1) is 0 Å². The van der Waals surface area contributed by atoms with Crippen molar-refractivity contribution in [3.05, 3.63) is 0 Å². The first-order valence-electron chi connectivity index (χ1n) is 9.39. The zero-order valence-electron chi connectivity index (χ0n) is 14.7. The van der Waals surface area contributed by atoms with Gasteiger partial charge in [0.2, 0.25) is 17.7 Å². The lowest BCUT2D eigenvalue weighted by Crippen LogP contribution is -2.54. The number of nitrogens with one attached hydrogen (secondary N) is 1. The van der Waals surface area contributed by atoms with Crippen LogP contribution in [0.4, 0.5) is 0 Å². The zero-order chi connectivity index (χ0) is 17.2. The van der Waals surface area contributed by atoms with Crippen LogP contribution in [0.1, 0.15) is 58.3 Å². The molecule has 3 rings (SSSR count). The lowest BCUT2D eigenvalue weighted by Gasteiger charge is -2.36. The summed E-state index contributed by atoms with van der Waals surface area (Å²) < 4.78 is 0. The molecule has 0 spiro atoms. The molecule has 134 valence electrons. The van der Waals surface area contributed by atoms with E-state index in [0.717, 1.165) is 12.8 Å².